The van der Waals surface area contributed by atoms with E-state index in [1.54, 1.807) is 0 Å². The van der Waals surface area contributed by atoms with E-state index in [-0.39, 0.29) is 42.7 Å². The van der Waals surface area contributed by atoms with Gasteiger partial charge in [0.1, 0.15) is 6.61 Å². The predicted molar refractivity (Wildman–Crippen MR) is 238 cm³/mol. The fourth-order valence-electron chi connectivity index (χ4n) is 5.76. The highest BCUT2D eigenvalue weighted by atomic mass is 16.6. The maximum absolute atomic E-state index is 12.7. The first-order valence-electron chi connectivity index (χ1n) is 21.9. The maximum Gasteiger partial charge on any atom is 0.362 e. The molecule has 0 aliphatic heterocycles. The molecule has 0 amide bonds. The molecule has 0 aliphatic carbocycles. The summed E-state index contributed by atoms with van der Waals surface area (Å²) in [5.41, 5.74) is 0. The lowest BCUT2D eigenvalue weighted by molar-refractivity contribution is -0.887. The number of carbonyl (C=O) groups excluding carboxylic acids is 2. The van der Waals surface area contributed by atoms with Gasteiger partial charge in [0.25, 0.3) is 0 Å². The zero-order valence-corrected chi connectivity index (χ0v) is 36.5. The van der Waals surface area contributed by atoms with E-state index in [1.807, 2.05) is 81.9 Å². The third kappa shape index (κ3) is 37.6. The fourth-order valence-corrected chi connectivity index (χ4v) is 5.76. The Labute approximate surface area is 347 Å². The Hall–Kier alpha value is -3.75. The van der Waals surface area contributed by atoms with Crippen LogP contribution in [-0.2, 0) is 28.6 Å². The van der Waals surface area contributed by atoms with Gasteiger partial charge in [-0.3, -0.25) is 9.59 Å². The molecule has 0 saturated carbocycles. The van der Waals surface area contributed by atoms with Gasteiger partial charge in [0.15, 0.2) is 12.1 Å². The van der Waals surface area contributed by atoms with Crippen molar-refractivity contribution < 1.29 is 38.2 Å². The molecule has 0 aromatic heterocycles. The molecule has 0 radical (unpaired) electrons. The topological polar surface area (TPSA) is 99.1 Å². The number of esters is 2. The molecule has 0 aromatic rings. The summed E-state index contributed by atoms with van der Waals surface area (Å²) in [6, 6.07) is -0.632. The van der Waals surface area contributed by atoms with E-state index in [4.69, 9.17) is 14.2 Å². The zero-order chi connectivity index (χ0) is 42.1. The number of likely N-dealkylation sites (N-methyl/N-ethyl adjacent to an activating group) is 1. The molecule has 0 aliphatic rings. The SMILES string of the molecule is CC/C=C/C=C/C=C/C=C/C=C/C=C/CCCCCC(=O)OCC(COCCC(C(=O)O)[N+](C)(C)C)OC(=O)CCCCC/C=C/C=C/CCCCCCCCC. The number of carboxylic acid groups (broad SMARTS) is 1. The monoisotopic (exact) mass is 795 g/mol. The lowest BCUT2D eigenvalue weighted by atomic mass is 10.1. The van der Waals surface area contributed by atoms with Gasteiger partial charge in [-0.25, -0.2) is 4.79 Å². The smallest absolute Gasteiger partial charge is 0.362 e. The van der Waals surface area contributed by atoms with Crippen molar-refractivity contribution in [2.45, 2.75) is 154 Å². The summed E-state index contributed by atoms with van der Waals surface area (Å²) < 4.78 is 17.2. The fraction of sp³-hybridized carbons (Fsp3) is 0.612. The van der Waals surface area contributed by atoms with Crippen molar-refractivity contribution in [2.24, 2.45) is 0 Å². The molecule has 0 heterocycles. The quantitative estimate of drug-likeness (QED) is 0.0289. The van der Waals surface area contributed by atoms with Crippen LogP contribution >= 0.6 is 0 Å². The number of hydrogen-bond donors (Lipinski definition) is 1. The summed E-state index contributed by atoms with van der Waals surface area (Å²) in [6.45, 7) is 4.48. The lowest BCUT2D eigenvalue weighted by Gasteiger charge is -2.31. The Morgan fingerprint density at radius 1 is 0.544 bits per heavy atom. The molecule has 0 fully saturated rings. The normalized spacial score (nSPS) is 13.9. The molecule has 8 heteroatoms. The summed E-state index contributed by atoms with van der Waals surface area (Å²) in [5.74, 6) is -1.57. The molecule has 322 valence electrons. The van der Waals surface area contributed by atoms with Gasteiger partial charge in [0.05, 0.1) is 34.4 Å². The molecule has 0 bridgehead atoms. The second-order valence-electron chi connectivity index (χ2n) is 15.4. The van der Waals surface area contributed by atoms with E-state index in [1.165, 1.54) is 44.9 Å². The number of ether oxygens (including phenoxy) is 3. The number of nitrogens with zero attached hydrogens (tertiary/aromatic N) is 1. The molecule has 2 unspecified atom stereocenters. The van der Waals surface area contributed by atoms with E-state index in [2.05, 4.69) is 50.3 Å². The van der Waals surface area contributed by atoms with Crippen LogP contribution in [0.4, 0.5) is 0 Å². The van der Waals surface area contributed by atoms with Crippen molar-refractivity contribution in [1.82, 2.24) is 0 Å². The van der Waals surface area contributed by atoms with E-state index in [0.29, 0.717) is 25.7 Å². The van der Waals surface area contributed by atoms with Gasteiger partial charge in [0.2, 0.25) is 0 Å². The molecule has 2 atom stereocenters. The number of hydrogen-bond acceptors (Lipinski definition) is 6. The predicted octanol–water partition coefficient (Wildman–Crippen LogP) is 11.9. The largest absolute Gasteiger partial charge is 0.477 e. The number of carboxylic acids is 1. The zero-order valence-electron chi connectivity index (χ0n) is 36.5. The first-order valence-corrected chi connectivity index (χ1v) is 21.9. The molecule has 0 aromatic carbocycles. The summed E-state index contributed by atoms with van der Waals surface area (Å²) in [4.78, 5) is 37.0. The lowest BCUT2D eigenvalue weighted by Crippen LogP contribution is -2.50. The van der Waals surface area contributed by atoms with Crippen LogP contribution in [0.2, 0.25) is 0 Å². The average Bonchev–Trinajstić information content (AvgIpc) is 3.17. The van der Waals surface area contributed by atoms with Crippen LogP contribution in [0.25, 0.3) is 0 Å². The molecular weight excluding hydrogens is 715 g/mol. The molecule has 0 saturated heterocycles. The summed E-state index contributed by atoms with van der Waals surface area (Å²) in [5, 5.41) is 9.62. The Kier molecular flexibility index (Phi) is 36.5. The Bertz CT molecular complexity index is 1250. The van der Waals surface area contributed by atoms with Gasteiger partial charge in [-0.1, -0.05) is 162 Å². The van der Waals surface area contributed by atoms with Gasteiger partial charge < -0.3 is 23.8 Å². The van der Waals surface area contributed by atoms with E-state index in [0.717, 1.165) is 51.4 Å². The minimum absolute atomic E-state index is 0.0291. The molecular formula is C49H80NO7+. The summed E-state index contributed by atoms with van der Waals surface area (Å²) in [7, 11) is 5.49. The van der Waals surface area contributed by atoms with Gasteiger partial charge >= 0.3 is 17.9 Å². The van der Waals surface area contributed by atoms with Crippen LogP contribution in [-0.4, -0.2) is 80.6 Å². The summed E-state index contributed by atoms with van der Waals surface area (Å²) in [6.07, 6.45) is 51.6. The Morgan fingerprint density at radius 3 is 1.47 bits per heavy atom. The molecule has 8 nitrogen and oxygen atoms in total. The second kappa shape index (κ2) is 39.1. The number of quaternary nitrogens is 1. The number of carbonyl (C=O) groups is 3. The van der Waals surface area contributed by atoms with Crippen LogP contribution in [0, 0.1) is 0 Å². The highest BCUT2D eigenvalue weighted by Gasteiger charge is 2.31. The minimum Gasteiger partial charge on any atom is -0.477 e. The van der Waals surface area contributed by atoms with Gasteiger partial charge in [-0.05, 0) is 57.8 Å². The van der Waals surface area contributed by atoms with Gasteiger partial charge in [0, 0.05) is 19.3 Å². The maximum atomic E-state index is 12.7. The third-order valence-electron chi connectivity index (χ3n) is 9.16. The highest BCUT2D eigenvalue weighted by Crippen LogP contribution is 2.12. The van der Waals surface area contributed by atoms with Crippen molar-refractivity contribution in [1.29, 1.82) is 0 Å². The Balaban J connectivity index is 4.52. The first kappa shape index (κ1) is 53.2. The standard InChI is InChI=1S/C49H79NO7/c1-6-8-10-12-14-16-18-20-22-24-26-27-29-31-33-35-37-39-47(51)56-44-45(43-55-42-41-46(49(53)54)50(3,4)5)57-48(52)40-38-36-34-32-30-28-25-23-21-19-17-15-13-11-9-7-2/h8,10,12,14,16,18,20,22-30,45-46H,6-7,9,11,13,15,17,19,21,31-44H2,1-5H3/p+1/b10-8+,14-12+,18-16+,22-20+,25-23+,26-24+,29-27+,30-28+. The molecule has 0 rings (SSSR count). The second-order valence-corrected chi connectivity index (χ2v) is 15.4. The van der Waals surface area contributed by atoms with Crippen LogP contribution in [0.1, 0.15) is 142 Å². The first-order chi connectivity index (χ1) is 27.6. The Morgan fingerprint density at radius 2 is 0.982 bits per heavy atom. The minimum atomic E-state index is -0.891. The van der Waals surface area contributed by atoms with Crippen molar-refractivity contribution in [3.63, 3.8) is 0 Å². The number of aliphatic carboxylic acids is 1. The molecule has 1 N–H and O–H groups in total. The summed E-state index contributed by atoms with van der Waals surface area (Å²) >= 11 is 0. The van der Waals surface area contributed by atoms with Crippen LogP contribution < -0.4 is 0 Å². The van der Waals surface area contributed by atoms with Gasteiger partial charge in [-0.15, -0.1) is 0 Å². The van der Waals surface area contributed by atoms with E-state index in [9.17, 15) is 19.5 Å². The average molecular weight is 795 g/mol. The van der Waals surface area contributed by atoms with Crippen molar-refractivity contribution in [3.8, 4) is 0 Å². The van der Waals surface area contributed by atoms with Crippen molar-refractivity contribution in [2.75, 3.05) is 41.0 Å². The third-order valence-corrected chi connectivity index (χ3v) is 9.16. The van der Waals surface area contributed by atoms with Crippen LogP contribution in [0.3, 0.4) is 0 Å². The van der Waals surface area contributed by atoms with Crippen LogP contribution in [0.15, 0.2) is 97.2 Å². The number of allylic oxidation sites excluding steroid dienone is 16. The van der Waals surface area contributed by atoms with E-state index >= 15 is 0 Å². The van der Waals surface area contributed by atoms with Crippen molar-refractivity contribution in [3.05, 3.63) is 97.2 Å². The van der Waals surface area contributed by atoms with E-state index < -0.39 is 18.1 Å². The highest BCUT2D eigenvalue weighted by molar-refractivity contribution is 5.72. The molecule has 0 spiro atoms. The van der Waals surface area contributed by atoms with Crippen LogP contribution in [0.5, 0.6) is 0 Å². The number of rotatable bonds is 37. The van der Waals surface area contributed by atoms with Crippen molar-refractivity contribution >= 4 is 17.9 Å². The molecule has 57 heavy (non-hydrogen) atoms. The number of unbranched alkanes of at least 4 members (excludes halogenated alkanes) is 13. The van der Waals surface area contributed by atoms with Gasteiger partial charge in [-0.2, -0.15) is 0 Å².